The molecule has 0 spiro atoms. The summed E-state index contributed by atoms with van der Waals surface area (Å²) < 4.78 is 24.3. The van der Waals surface area contributed by atoms with E-state index < -0.39 is 21.4 Å². The first-order valence-electron chi connectivity index (χ1n) is 7.01. The fourth-order valence-corrected chi connectivity index (χ4v) is 4.16. The molecule has 24 heavy (non-hydrogen) atoms. The van der Waals surface area contributed by atoms with Crippen LogP contribution in [0.25, 0.3) is 21.1 Å². The molecule has 0 saturated carbocycles. The molecule has 3 aromatic rings. The number of hydrogen-bond acceptors (Lipinski definition) is 7. The number of carbonyl (C=O) groups excluding carboxylic acids is 1. The highest BCUT2D eigenvalue weighted by atomic mass is 32.2. The quantitative estimate of drug-likeness (QED) is 0.696. The van der Waals surface area contributed by atoms with Crippen molar-refractivity contribution in [3.63, 3.8) is 0 Å². The normalized spacial score (nSPS) is 11.4. The highest BCUT2D eigenvalue weighted by Gasteiger charge is 2.19. The standard InChI is InChI=1S/C16H13N3O3S2/c1-11(20)10-24(21,22)15-6-2-5-13(19-15)14-9-18-16(23-14)12-4-3-7-17-8-12/h2-9H,10H2,1H3. The molecule has 0 fully saturated rings. The zero-order valence-electron chi connectivity index (χ0n) is 12.7. The highest BCUT2D eigenvalue weighted by molar-refractivity contribution is 7.92. The van der Waals surface area contributed by atoms with Crippen molar-refractivity contribution >= 4 is 27.0 Å². The number of ketones is 1. The molecule has 0 aliphatic heterocycles. The van der Waals surface area contributed by atoms with E-state index in [9.17, 15) is 13.2 Å². The topological polar surface area (TPSA) is 89.9 Å². The van der Waals surface area contributed by atoms with Crippen LogP contribution >= 0.6 is 11.3 Å². The Morgan fingerprint density at radius 3 is 2.71 bits per heavy atom. The number of pyridine rings is 2. The van der Waals surface area contributed by atoms with Crippen molar-refractivity contribution < 1.29 is 13.2 Å². The summed E-state index contributed by atoms with van der Waals surface area (Å²) in [4.78, 5) is 24.5. The largest absolute Gasteiger partial charge is 0.299 e. The van der Waals surface area contributed by atoms with Crippen molar-refractivity contribution in [1.29, 1.82) is 0 Å². The Bertz CT molecular complexity index is 983. The van der Waals surface area contributed by atoms with Crippen LogP contribution in [-0.4, -0.2) is 34.9 Å². The number of rotatable bonds is 5. The molecule has 0 N–H and O–H groups in total. The third-order valence-electron chi connectivity index (χ3n) is 3.10. The third-order valence-corrected chi connectivity index (χ3v) is 5.82. The SMILES string of the molecule is CC(=O)CS(=O)(=O)c1cccc(-c2cnc(-c3cccnc3)s2)n1. The molecule has 122 valence electrons. The minimum absolute atomic E-state index is 0.105. The lowest BCUT2D eigenvalue weighted by Gasteiger charge is -2.03. The molecule has 0 bridgehead atoms. The van der Waals surface area contributed by atoms with Crippen LogP contribution in [0.4, 0.5) is 0 Å². The second-order valence-corrected chi connectivity index (χ2v) is 8.06. The lowest BCUT2D eigenvalue weighted by molar-refractivity contribution is -0.114. The van der Waals surface area contributed by atoms with Crippen molar-refractivity contribution in [2.24, 2.45) is 0 Å². The summed E-state index contributed by atoms with van der Waals surface area (Å²) in [5.74, 6) is -0.966. The number of aromatic nitrogens is 3. The Kier molecular flexibility index (Phi) is 4.50. The average Bonchev–Trinajstić information content (AvgIpc) is 3.05. The van der Waals surface area contributed by atoms with Crippen LogP contribution in [-0.2, 0) is 14.6 Å². The first kappa shape index (κ1) is 16.4. The molecule has 8 heteroatoms. The van der Waals surface area contributed by atoms with E-state index in [1.165, 1.54) is 24.3 Å². The van der Waals surface area contributed by atoms with Crippen molar-refractivity contribution in [1.82, 2.24) is 15.0 Å². The van der Waals surface area contributed by atoms with Crippen LogP contribution in [0.1, 0.15) is 6.92 Å². The molecule has 6 nitrogen and oxygen atoms in total. The maximum absolute atomic E-state index is 12.1. The second-order valence-electron chi connectivity index (χ2n) is 5.09. The van der Waals surface area contributed by atoms with Crippen molar-refractivity contribution in [2.75, 3.05) is 5.75 Å². The fraction of sp³-hybridized carbons (Fsp3) is 0.125. The molecule has 0 amide bonds. The Morgan fingerprint density at radius 1 is 1.17 bits per heavy atom. The lowest BCUT2D eigenvalue weighted by atomic mass is 10.3. The molecular formula is C16H13N3O3S2. The van der Waals surface area contributed by atoms with Crippen molar-refractivity contribution in [2.45, 2.75) is 11.9 Å². The van der Waals surface area contributed by atoms with Gasteiger partial charge in [-0.05, 0) is 31.2 Å². The van der Waals surface area contributed by atoms with Crippen LogP contribution < -0.4 is 0 Å². The number of thiazole rings is 1. The lowest BCUT2D eigenvalue weighted by Crippen LogP contribution is -2.14. The molecule has 0 radical (unpaired) electrons. The van der Waals surface area contributed by atoms with Gasteiger partial charge in [-0.2, -0.15) is 0 Å². The van der Waals surface area contributed by atoms with E-state index in [1.54, 1.807) is 30.7 Å². The van der Waals surface area contributed by atoms with Gasteiger partial charge in [0.2, 0.25) is 9.84 Å². The maximum Gasteiger partial charge on any atom is 0.202 e. The molecule has 0 saturated heterocycles. The molecule has 0 atom stereocenters. The van der Waals surface area contributed by atoms with Gasteiger partial charge in [0.15, 0.2) is 5.03 Å². The summed E-state index contributed by atoms with van der Waals surface area (Å²) in [7, 11) is -3.72. The molecule has 0 unspecified atom stereocenters. The molecule has 0 aromatic carbocycles. The molecule has 3 heterocycles. The van der Waals surface area contributed by atoms with E-state index in [-0.39, 0.29) is 5.03 Å². The minimum Gasteiger partial charge on any atom is -0.299 e. The molecule has 3 rings (SSSR count). The molecule has 3 aromatic heterocycles. The van der Waals surface area contributed by atoms with Crippen molar-refractivity contribution in [3.8, 4) is 21.1 Å². The molecular weight excluding hydrogens is 346 g/mol. The molecule has 0 aliphatic rings. The van der Waals surface area contributed by atoms with E-state index >= 15 is 0 Å². The van der Waals surface area contributed by atoms with E-state index in [4.69, 9.17) is 0 Å². The number of Topliss-reactive ketones (excluding diaryl/α,β-unsaturated/α-hetero) is 1. The maximum atomic E-state index is 12.1. The summed E-state index contributed by atoms with van der Waals surface area (Å²) in [6, 6.07) is 8.44. The Balaban J connectivity index is 1.96. The summed E-state index contributed by atoms with van der Waals surface area (Å²) in [5.41, 5.74) is 1.39. The van der Waals surface area contributed by atoms with Crippen LogP contribution in [0.3, 0.4) is 0 Å². The van der Waals surface area contributed by atoms with Crippen LogP contribution in [0.5, 0.6) is 0 Å². The number of hydrogen-bond donors (Lipinski definition) is 0. The second kappa shape index (κ2) is 6.58. The average molecular weight is 359 g/mol. The number of sulfone groups is 1. The predicted molar refractivity (Wildman–Crippen MR) is 91.3 cm³/mol. The van der Waals surface area contributed by atoms with E-state index in [2.05, 4.69) is 15.0 Å². The summed E-state index contributed by atoms with van der Waals surface area (Å²) in [6.07, 6.45) is 5.05. The van der Waals surface area contributed by atoms with Crippen LogP contribution in [0.15, 0.2) is 53.9 Å². The fourth-order valence-electron chi connectivity index (χ4n) is 2.08. The smallest absolute Gasteiger partial charge is 0.202 e. The van der Waals surface area contributed by atoms with Gasteiger partial charge in [-0.15, -0.1) is 11.3 Å². The van der Waals surface area contributed by atoms with Gasteiger partial charge < -0.3 is 0 Å². The Labute approximate surface area is 143 Å². The zero-order chi connectivity index (χ0) is 17.2. The monoisotopic (exact) mass is 359 g/mol. The Hall–Kier alpha value is -2.45. The van der Waals surface area contributed by atoms with Gasteiger partial charge in [0, 0.05) is 24.2 Å². The van der Waals surface area contributed by atoms with Gasteiger partial charge in [-0.1, -0.05) is 6.07 Å². The first-order valence-corrected chi connectivity index (χ1v) is 9.48. The summed E-state index contributed by atoms with van der Waals surface area (Å²) in [5, 5.41) is 0.670. The summed E-state index contributed by atoms with van der Waals surface area (Å²) >= 11 is 1.40. The first-order chi connectivity index (χ1) is 11.5. The van der Waals surface area contributed by atoms with Gasteiger partial charge in [-0.25, -0.2) is 18.4 Å². The van der Waals surface area contributed by atoms with E-state index in [1.807, 2.05) is 12.1 Å². The van der Waals surface area contributed by atoms with Gasteiger partial charge >= 0.3 is 0 Å². The third kappa shape index (κ3) is 3.55. The van der Waals surface area contributed by atoms with Gasteiger partial charge in [0.1, 0.15) is 16.5 Å². The van der Waals surface area contributed by atoms with E-state index in [0.29, 0.717) is 5.69 Å². The number of carbonyl (C=O) groups is 1. The molecule has 0 aliphatic carbocycles. The van der Waals surface area contributed by atoms with Gasteiger partial charge in [-0.3, -0.25) is 9.78 Å². The minimum atomic E-state index is -3.72. The Morgan fingerprint density at radius 2 is 2.00 bits per heavy atom. The summed E-state index contributed by atoms with van der Waals surface area (Å²) in [6.45, 7) is 1.24. The van der Waals surface area contributed by atoms with Gasteiger partial charge in [0.05, 0.1) is 10.6 Å². The van der Waals surface area contributed by atoms with Crippen LogP contribution in [0, 0.1) is 0 Å². The van der Waals surface area contributed by atoms with Gasteiger partial charge in [0.25, 0.3) is 0 Å². The highest BCUT2D eigenvalue weighted by Crippen LogP contribution is 2.31. The van der Waals surface area contributed by atoms with E-state index in [0.717, 1.165) is 15.4 Å². The van der Waals surface area contributed by atoms with Crippen LogP contribution in [0.2, 0.25) is 0 Å². The zero-order valence-corrected chi connectivity index (χ0v) is 14.3. The number of nitrogens with zero attached hydrogens (tertiary/aromatic N) is 3. The predicted octanol–water partition coefficient (Wildman–Crippen LogP) is 2.63. The van der Waals surface area contributed by atoms with Crippen molar-refractivity contribution in [3.05, 3.63) is 48.9 Å².